The molecule has 0 aliphatic rings. The number of carbonyl (C=O) groups excluding carboxylic acids is 3. The Kier molecular flexibility index (Phi) is 32.5. The zero-order valence-corrected chi connectivity index (χ0v) is 37.6. The van der Waals surface area contributed by atoms with E-state index in [1.54, 1.807) is 58.2 Å². The SMILES string of the molecule is CCCCCBr.CCCCCOc1ccc(C(=O)OCC)cc1O.CCCCCOc1ccc(C(=O)OCC)cc1OCCOC.CCOC(=O)c1ccc(O)c(O)c1. The Labute approximate surface area is 359 Å². The highest BCUT2D eigenvalue weighted by Crippen LogP contribution is 2.30. The summed E-state index contributed by atoms with van der Waals surface area (Å²) in [5.74, 6) is -0.353. The molecule has 0 heterocycles. The van der Waals surface area contributed by atoms with E-state index in [0.29, 0.717) is 68.0 Å². The molecule has 0 fully saturated rings. The van der Waals surface area contributed by atoms with Crippen molar-refractivity contribution < 1.29 is 62.9 Å². The van der Waals surface area contributed by atoms with Crippen LogP contribution in [0, 0.1) is 0 Å². The summed E-state index contributed by atoms with van der Waals surface area (Å²) in [6.07, 6.45) is 10.5. The van der Waals surface area contributed by atoms with Gasteiger partial charge in [-0.05, 0) is 94.6 Å². The Morgan fingerprint density at radius 1 is 0.475 bits per heavy atom. The van der Waals surface area contributed by atoms with E-state index in [1.807, 2.05) is 0 Å². The minimum Gasteiger partial charge on any atom is -0.504 e. The van der Waals surface area contributed by atoms with Crippen LogP contribution < -0.4 is 14.2 Å². The monoisotopic (exact) mass is 894 g/mol. The van der Waals surface area contributed by atoms with E-state index >= 15 is 0 Å². The van der Waals surface area contributed by atoms with E-state index in [0.717, 1.165) is 44.6 Å². The van der Waals surface area contributed by atoms with Gasteiger partial charge < -0.3 is 48.5 Å². The molecule has 0 amide bonds. The molecular formula is C45H67BrO13. The summed E-state index contributed by atoms with van der Waals surface area (Å²) in [4.78, 5) is 34.3. The number of rotatable bonds is 23. The molecule has 0 bridgehead atoms. The summed E-state index contributed by atoms with van der Waals surface area (Å²) in [7, 11) is 1.61. The van der Waals surface area contributed by atoms with Gasteiger partial charge in [-0.25, -0.2) is 14.4 Å². The molecular weight excluding hydrogens is 828 g/mol. The van der Waals surface area contributed by atoms with Crippen molar-refractivity contribution in [3.8, 4) is 34.5 Å². The molecule has 14 heteroatoms. The first-order valence-electron chi connectivity index (χ1n) is 20.4. The number of methoxy groups -OCH3 is 1. The van der Waals surface area contributed by atoms with Gasteiger partial charge in [-0.1, -0.05) is 75.2 Å². The number of ether oxygens (including phenoxy) is 7. The van der Waals surface area contributed by atoms with E-state index in [1.165, 1.54) is 42.8 Å². The third kappa shape index (κ3) is 24.7. The zero-order chi connectivity index (χ0) is 44.3. The summed E-state index contributed by atoms with van der Waals surface area (Å²) < 4.78 is 36.3. The predicted molar refractivity (Wildman–Crippen MR) is 233 cm³/mol. The summed E-state index contributed by atoms with van der Waals surface area (Å²) in [6.45, 7) is 14.7. The van der Waals surface area contributed by atoms with Crippen LogP contribution in [0.1, 0.15) is 130 Å². The van der Waals surface area contributed by atoms with E-state index < -0.39 is 11.9 Å². The number of carbonyl (C=O) groups is 3. The van der Waals surface area contributed by atoms with Gasteiger partial charge in [0.1, 0.15) is 6.61 Å². The second-order valence-corrected chi connectivity index (χ2v) is 13.4. The van der Waals surface area contributed by atoms with Gasteiger partial charge in [-0.3, -0.25) is 0 Å². The highest BCUT2D eigenvalue weighted by molar-refractivity contribution is 9.09. The van der Waals surface area contributed by atoms with E-state index in [9.17, 15) is 19.5 Å². The second kappa shape index (κ2) is 35.3. The number of alkyl halides is 1. The first-order valence-corrected chi connectivity index (χ1v) is 21.5. The molecule has 59 heavy (non-hydrogen) atoms. The number of esters is 3. The molecule has 0 aliphatic heterocycles. The minimum atomic E-state index is -0.516. The van der Waals surface area contributed by atoms with Crippen LogP contribution in [0.2, 0.25) is 0 Å². The second-order valence-electron chi connectivity index (χ2n) is 12.6. The molecule has 0 saturated carbocycles. The van der Waals surface area contributed by atoms with Crippen molar-refractivity contribution >= 4 is 33.8 Å². The maximum Gasteiger partial charge on any atom is 0.338 e. The maximum atomic E-state index is 11.8. The molecule has 0 aromatic heterocycles. The van der Waals surface area contributed by atoms with E-state index in [4.69, 9.17) is 43.4 Å². The van der Waals surface area contributed by atoms with Crippen molar-refractivity contribution in [1.82, 2.24) is 0 Å². The van der Waals surface area contributed by atoms with Gasteiger partial charge in [0.15, 0.2) is 34.5 Å². The van der Waals surface area contributed by atoms with Crippen LogP contribution in [0.15, 0.2) is 54.6 Å². The third-order valence-electron chi connectivity index (χ3n) is 7.70. The number of phenolic OH excluding ortho intramolecular Hbond substituents is 3. The van der Waals surface area contributed by atoms with Crippen LogP contribution in [0.25, 0.3) is 0 Å². The lowest BCUT2D eigenvalue weighted by atomic mass is 10.2. The fourth-order valence-electron chi connectivity index (χ4n) is 4.57. The highest BCUT2D eigenvalue weighted by Gasteiger charge is 2.14. The van der Waals surface area contributed by atoms with Crippen LogP contribution >= 0.6 is 15.9 Å². The van der Waals surface area contributed by atoms with Gasteiger partial charge in [0.05, 0.1) is 56.3 Å². The lowest BCUT2D eigenvalue weighted by Gasteiger charge is -2.14. The standard InChI is InChI=1S/C17H26O5.C14H20O4.C9H10O4.C5H11Br/c1-4-6-7-10-21-15-9-8-14(17(18)20-5-2)13-16(15)22-12-11-19-3;1-3-5-6-9-18-13-8-7-11(10-12(13)15)14(16)17-4-2;1-2-13-9(12)6-3-4-7(10)8(11)5-6;1-2-3-4-5-6/h8-9,13H,4-7,10-12H2,1-3H3;7-8,10,15H,3-6,9H2,1-2H3;3-5,10-11H,2H2,1H3;2-5H2,1H3. The van der Waals surface area contributed by atoms with Gasteiger partial charge >= 0.3 is 17.9 Å². The molecule has 0 radical (unpaired) electrons. The Morgan fingerprint density at radius 2 is 0.898 bits per heavy atom. The third-order valence-corrected chi connectivity index (χ3v) is 8.27. The zero-order valence-electron chi connectivity index (χ0n) is 36.0. The smallest absolute Gasteiger partial charge is 0.338 e. The average molecular weight is 896 g/mol. The van der Waals surface area contributed by atoms with Crippen molar-refractivity contribution in [1.29, 1.82) is 0 Å². The molecule has 0 saturated heterocycles. The summed E-state index contributed by atoms with van der Waals surface area (Å²) in [5, 5.41) is 28.9. The Morgan fingerprint density at radius 3 is 1.32 bits per heavy atom. The normalized spacial score (nSPS) is 9.97. The van der Waals surface area contributed by atoms with Crippen molar-refractivity contribution in [2.45, 2.75) is 99.3 Å². The van der Waals surface area contributed by atoms with Crippen molar-refractivity contribution in [3.63, 3.8) is 0 Å². The lowest BCUT2D eigenvalue weighted by molar-refractivity contribution is 0.0516. The molecule has 13 nitrogen and oxygen atoms in total. The quantitative estimate of drug-likeness (QED) is 0.0270. The first kappa shape index (κ1) is 54.3. The number of aromatic hydroxyl groups is 3. The molecule has 332 valence electrons. The fourth-order valence-corrected chi connectivity index (χ4v) is 4.97. The molecule has 3 rings (SSSR count). The Balaban J connectivity index is 0.000000818. The van der Waals surface area contributed by atoms with E-state index in [2.05, 4.69) is 36.7 Å². The molecule has 3 aromatic carbocycles. The van der Waals surface area contributed by atoms with Crippen LogP contribution in [-0.4, -0.2) is 91.9 Å². The summed E-state index contributed by atoms with van der Waals surface area (Å²) >= 11 is 3.35. The molecule has 3 N–H and O–H groups in total. The van der Waals surface area contributed by atoms with Crippen molar-refractivity contribution in [2.75, 3.05) is 58.7 Å². The summed E-state index contributed by atoms with van der Waals surface area (Å²) in [5.41, 5.74) is 1.00. The van der Waals surface area contributed by atoms with E-state index in [-0.39, 0.29) is 35.4 Å². The van der Waals surface area contributed by atoms with Gasteiger partial charge in [-0.2, -0.15) is 0 Å². The van der Waals surface area contributed by atoms with Crippen molar-refractivity contribution in [3.05, 3.63) is 71.3 Å². The molecule has 0 spiro atoms. The van der Waals surface area contributed by atoms with Crippen LogP contribution in [0.3, 0.4) is 0 Å². The number of phenols is 3. The van der Waals surface area contributed by atoms with Crippen molar-refractivity contribution in [2.24, 2.45) is 0 Å². The molecule has 0 aliphatic carbocycles. The summed E-state index contributed by atoms with van der Waals surface area (Å²) in [6, 6.07) is 13.4. The number of halogens is 1. The Bertz CT molecular complexity index is 1580. The minimum absolute atomic E-state index is 0.0305. The number of hydrogen-bond acceptors (Lipinski definition) is 13. The Hall–Kier alpha value is -4.69. The lowest BCUT2D eigenvalue weighted by Crippen LogP contribution is -2.09. The maximum absolute atomic E-state index is 11.8. The largest absolute Gasteiger partial charge is 0.504 e. The van der Waals surface area contributed by atoms with Gasteiger partial charge in [-0.15, -0.1) is 0 Å². The first-order chi connectivity index (χ1) is 28.5. The van der Waals surface area contributed by atoms with Crippen LogP contribution in [0.4, 0.5) is 0 Å². The molecule has 0 unspecified atom stereocenters. The molecule has 3 aromatic rings. The number of unbranched alkanes of at least 4 members (excludes halogenated alkanes) is 6. The number of benzene rings is 3. The van der Waals surface area contributed by atoms with Gasteiger partial charge in [0, 0.05) is 12.4 Å². The highest BCUT2D eigenvalue weighted by atomic mass is 79.9. The van der Waals surface area contributed by atoms with Gasteiger partial charge in [0.2, 0.25) is 0 Å². The average Bonchev–Trinajstić information content (AvgIpc) is 3.23. The molecule has 0 atom stereocenters. The predicted octanol–water partition coefficient (Wildman–Crippen LogP) is 10.4. The fraction of sp³-hybridized carbons (Fsp3) is 0.533. The topological polar surface area (TPSA) is 177 Å². The number of hydrogen-bond donors (Lipinski definition) is 3. The van der Waals surface area contributed by atoms with Crippen LogP contribution in [-0.2, 0) is 18.9 Å². The van der Waals surface area contributed by atoms with Gasteiger partial charge in [0.25, 0.3) is 0 Å². The van der Waals surface area contributed by atoms with Crippen LogP contribution in [0.5, 0.6) is 34.5 Å².